The number of amides is 1. The summed E-state index contributed by atoms with van der Waals surface area (Å²) in [6, 6.07) is 7.39. The highest BCUT2D eigenvalue weighted by Gasteiger charge is 2.04. The van der Waals surface area contributed by atoms with Crippen LogP contribution in [0.3, 0.4) is 0 Å². The van der Waals surface area contributed by atoms with Gasteiger partial charge in [0.25, 0.3) is 0 Å². The fraction of sp³-hybridized carbons (Fsp3) is 0.533. The lowest BCUT2D eigenvalue weighted by molar-refractivity contribution is -0.121. The minimum Gasteiger partial charge on any atom is -0.497 e. The number of hydrogen-bond acceptors (Lipinski definition) is 4. The molecule has 0 heterocycles. The molecule has 1 aromatic carbocycles. The molecule has 0 bridgehead atoms. The Morgan fingerprint density at radius 3 is 2.55 bits per heavy atom. The molecule has 1 unspecified atom stereocenters. The second-order valence-corrected chi connectivity index (χ2v) is 4.77. The van der Waals surface area contributed by atoms with Crippen LogP contribution in [0.4, 0.5) is 0 Å². The van der Waals surface area contributed by atoms with E-state index in [-0.39, 0.29) is 5.91 Å². The first-order chi connectivity index (χ1) is 9.65. The van der Waals surface area contributed by atoms with Crippen molar-refractivity contribution in [1.29, 1.82) is 0 Å². The molecule has 0 aliphatic rings. The van der Waals surface area contributed by atoms with Gasteiger partial charge >= 0.3 is 0 Å². The molecular formula is C15H24N2O3. The lowest BCUT2D eigenvalue weighted by atomic mass is 10.2. The van der Waals surface area contributed by atoms with Gasteiger partial charge < -0.3 is 20.5 Å². The van der Waals surface area contributed by atoms with Gasteiger partial charge in [-0.25, -0.2) is 0 Å². The number of methoxy groups -OCH3 is 1. The van der Waals surface area contributed by atoms with Crippen LogP contribution in [0.25, 0.3) is 0 Å². The van der Waals surface area contributed by atoms with Crippen molar-refractivity contribution in [3.63, 3.8) is 0 Å². The van der Waals surface area contributed by atoms with Gasteiger partial charge in [0.2, 0.25) is 5.91 Å². The number of carbonyl (C=O) groups is 1. The van der Waals surface area contributed by atoms with Gasteiger partial charge in [0.1, 0.15) is 11.5 Å². The van der Waals surface area contributed by atoms with Gasteiger partial charge in [0.15, 0.2) is 0 Å². The Labute approximate surface area is 120 Å². The van der Waals surface area contributed by atoms with Crippen LogP contribution >= 0.6 is 0 Å². The van der Waals surface area contributed by atoms with Crippen LogP contribution < -0.4 is 20.5 Å². The zero-order valence-electron chi connectivity index (χ0n) is 12.2. The maximum atomic E-state index is 11.5. The summed E-state index contributed by atoms with van der Waals surface area (Å²) in [6.45, 7) is 3.74. The SMILES string of the molecule is COc1ccc(OCCCC(=O)NCC(C)CN)cc1. The average molecular weight is 280 g/mol. The molecule has 5 heteroatoms. The quantitative estimate of drug-likeness (QED) is 0.673. The van der Waals surface area contributed by atoms with E-state index in [9.17, 15) is 4.79 Å². The van der Waals surface area contributed by atoms with Gasteiger partial charge in [-0.15, -0.1) is 0 Å². The molecule has 0 aliphatic carbocycles. The minimum absolute atomic E-state index is 0.0450. The van der Waals surface area contributed by atoms with E-state index in [2.05, 4.69) is 5.32 Å². The molecule has 1 rings (SSSR count). The van der Waals surface area contributed by atoms with E-state index in [1.807, 2.05) is 31.2 Å². The van der Waals surface area contributed by atoms with Crippen molar-refractivity contribution < 1.29 is 14.3 Å². The summed E-state index contributed by atoms with van der Waals surface area (Å²) >= 11 is 0. The van der Waals surface area contributed by atoms with E-state index in [1.54, 1.807) is 7.11 Å². The van der Waals surface area contributed by atoms with E-state index in [0.717, 1.165) is 11.5 Å². The predicted octanol–water partition coefficient (Wildman–Crippen LogP) is 1.57. The topological polar surface area (TPSA) is 73.6 Å². The number of carbonyl (C=O) groups excluding carboxylic acids is 1. The number of rotatable bonds is 9. The molecular weight excluding hydrogens is 256 g/mol. The van der Waals surface area contributed by atoms with E-state index in [0.29, 0.717) is 38.5 Å². The van der Waals surface area contributed by atoms with E-state index >= 15 is 0 Å². The summed E-state index contributed by atoms with van der Waals surface area (Å²) in [6.07, 6.45) is 1.16. The molecule has 0 spiro atoms. The third-order valence-electron chi connectivity index (χ3n) is 2.93. The van der Waals surface area contributed by atoms with Gasteiger partial charge in [-0.3, -0.25) is 4.79 Å². The Balaban J connectivity index is 2.13. The van der Waals surface area contributed by atoms with Crippen LogP contribution in [0.5, 0.6) is 11.5 Å². The molecule has 1 amide bonds. The zero-order valence-corrected chi connectivity index (χ0v) is 12.2. The lowest BCUT2D eigenvalue weighted by Crippen LogP contribution is -2.31. The van der Waals surface area contributed by atoms with Crippen molar-refractivity contribution in [3.05, 3.63) is 24.3 Å². The lowest BCUT2D eigenvalue weighted by Gasteiger charge is -2.10. The maximum Gasteiger partial charge on any atom is 0.220 e. The van der Waals surface area contributed by atoms with Crippen LogP contribution in [0.15, 0.2) is 24.3 Å². The second-order valence-electron chi connectivity index (χ2n) is 4.77. The summed E-state index contributed by atoms with van der Waals surface area (Å²) in [4.78, 5) is 11.5. The molecule has 0 aliphatic heterocycles. The van der Waals surface area contributed by atoms with Crippen molar-refractivity contribution in [1.82, 2.24) is 5.32 Å². The number of nitrogens with one attached hydrogen (secondary N) is 1. The first-order valence-corrected chi connectivity index (χ1v) is 6.89. The Bertz CT molecular complexity index is 393. The monoisotopic (exact) mass is 280 g/mol. The number of ether oxygens (including phenoxy) is 2. The fourth-order valence-electron chi connectivity index (χ4n) is 1.55. The Morgan fingerprint density at radius 1 is 1.30 bits per heavy atom. The summed E-state index contributed by atoms with van der Waals surface area (Å²) in [5.41, 5.74) is 5.48. The van der Waals surface area contributed by atoms with Crippen LogP contribution in [-0.2, 0) is 4.79 Å². The van der Waals surface area contributed by atoms with Gasteiger partial charge in [-0.1, -0.05) is 6.92 Å². The van der Waals surface area contributed by atoms with Gasteiger partial charge in [0, 0.05) is 13.0 Å². The summed E-state index contributed by atoms with van der Waals surface area (Å²) in [5, 5.41) is 2.86. The third-order valence-corrected chi connectivity index (χ3v) is 2.93. The van der Waals surface area contributed by atoms with Crippen LogP contribution in [-0.4, -0.2) is 32.7 Å². The molecule has 3 N–H and O–H groups in total. The number of benzene rings is 1. The molecule has 0 saturated carbocycles. The standard InChI is InChI=1S/C15H24N2O3/c1-12(10-16)11-17-15(18)4-3-9-20-14-7-5-13(19-2)6-8-14/h5-8,12H,3-4,9-11,16H2,1-2H3,(H,17,18). The first kappa shape index (κ1) is 16.3. The molecule has 1 atom stereocenters. The van der Waals surface area contributed by atoms with Crippen LogP contribution in [0.1, 0.15) is 19.8 Å². The fourth-order valence-corrected chi connectivity index (χ4v) is 1.55. The van der Waals surface area contributed by atoms with Gasteiger partial charge in [-0.05, 0) is 43.1 Å². The molecule has 0 fully saturated rings. The van der Waals surface area contributed by atoms with E-state index in [4.69, 9.17) is 15.2 Å². The van der Waals surface area contributed by atoms with E-state index < -0.39 is 0 Å². The number of nitrogens with two attached hydrogens (primary N) is 1. The predicted molar refractivity (Wildman–Crippen MR) is 79.0 cm³/mol. The third kappa shape index (κ3) is 6.43. The highest BCUT2D eigenvalue weighted by Crippen LogP contribution is 2.17. The van der Waals surface area contributed by atoms with Crippen LogP contribution in [0.2, 0.25) is 0 Å². The molecule has 0 aromatic heterocycles. The van der Waals surface area contributed by atoms with Crippen molar-refractivity contribution in [2.24, 2.45) is 11.7 Å². The Hall–Kier alpha value is -1.75. The van der Waals surface area contributed by atoms with E-state index in [1.165, 1.54) is 0 Å². The number of hydrogen-bond donors (Lipinski definition) is 2. The van der Waals surface area contributed by atoms with Crippen molar-refractivity contribution in [3.8, 4) is 11.5 Å². The van der Waals surface area contributed by atoms with Crippen molar-refractivity contribution >= 4 is 5.91 Å². The Kier molecular flexibility index (Phi) is 7.50. The molecule has 5 nitrogen and oxygen atoms in total. The molecule has 0 radical (unpaired) electrons. The average Bonchev–Trinajstić information content (AvgIpc) is 2.49. The summed E-state index contributed by atoms with van der Waals surface area (Å²) < 4.78 is 10.6. The van der Waals surface area contributed by atoms with Gasteiger partial charge in [0.05, 0.1) is 13.7 Å². The maximum absolute atomic E-state index is 11.5. The highest BCUT2D eigenvalue weighted by atomic mass is 16.5. The van der Waals surface area contributed by atoms with Gasteiger partial charge in [-0.2, -0.15) is 0 Å². The Morgan fingerprint density at radius 2 is 1.95 bits per heavy atom. The summed E-state index contributed by atoms with van der Waals surface area (Å²) in [5.74, 6) is 1.94. The molecule has 1 aromatic rings. The normalized spacial score (nSPS) is 11.8. The van der Waals surface area contributed by atoms with Crippen molar-refractivity contribution in [2.45, 2.75) is 19.8 Å². The van der Waals surface area contributed by atoms with Crippen LogP contribution in [0, 0.1) is 5.92 Å². The molecule has 20 heavy (non-hydrogen) atoms. The van der Waals surface area contributed by atoms with Crippen molar-refractivity contribution in [2.75, 3.05) is 26.8 Å². The second kappa shape index (κ2) is 9.20. The zero-order chi connectivity index (χ0) is 14.8. The molecule has 0 saturated heterocycles. The molecule has 112 valence electrons. The largest absolute Gasteiger partial charge is 0.497 e. The summed E-state index contributed by atoms with van der Waals surface area (Å²) in [7, 11) is 1.62. The highest BCUT2D eigenvalue weighted by molar-refractivity contribution is 5.75. The first-order valence-electron chi connectivity index (χ1n) is 6.89. The smallest absolute Gasteiger partial charge is 0.220 e. The minimum atomic E-state index is 0.0450.